The van der Waals surface area contributed by atoms with Gasteiger partial charge in [-0.15, -0.1) is 0 Å². The molecule has 18 heavy (non-hydrogen) atoms. The van der Waals surface area contributed by atoms with Crippen molar-refractivity contribution in [3.63, 3.8) is 0 Å². The molecule has 3 rings (SSSR count). The largest absolute Gasteiger partial charge is 0.382 e. The highest BCUT2D eigenvalue weighted by molar-refractivity contribution is 5.76. The van der Waals surface area contributed by atoms with Gasteiger partial charge in [-0.25, -0.2) is 4.39 Å². The first kappa shape index (κ1) is 11.3. The molecule has 1 aliphatic rings. The number of benzene rings is 1. The second-order valence-corrected chi connectivity index (χ2v) is 4.97. The van der Waals surface area contributed by atoms with E-state index in [0.29, 0.717) is 5.82 Å². The van der Waals surface area contributed by atoms with E-state index < -0.39 is 0 Å². The smallest absolute Gasteiger partial charge is 0.153 e. The lowest BCUT2D eigenvalue weighted by atomic mass is 9.81. The van der Waals surface area contributed by atoms with Gasteiger partial charge in [-0.2, -0.15) is 5.10 Å². The number of rotatable bonds is 3. The number of nitrogens with one attached hydrogen (secondary N) is 1. The van der Waals surface area contributed by atoms with Crippen molar-refractivity contribution in [1.29, 1.82) is 0 Å². The van der Waals surface area contributed by atoms with Crippen LogP contribution in [0.3, 0.4) is 0 Å². The average Bonchev–Trinajstić information content (AvgIpc) is 2.65. The highest BCUT2D eigenvalue weighted by Crippen LogP contribution is 2.34. The molecule has 1 aromatic heterocycles. The second kappa shape index (κ2) is 4.44. The number of nitrogens with zero attached hydrogens (tertiary/aromatic N) is 1. The lowest BCUT2D eigenvalue weighted by Gasteiger charge is -2.24. The number of nitrogens with two attached hydrogens (primary N) is 1. The fraction of sp³-hybridized carbons (Fsp3) is 0.357. The molecule has 4 heteroatoms. The molecule has 0 radical (unpaired) electrons. The van der Waals surface area contributed by atoms with Gasteiger partial charge in [0.15, 0.2) is 5.82 Å². The topological polar surface area (TPSA) is 54.7 Å². The molecular weight excluding hydrogens is 229 g/mol. The number of aromatic nitrogens is 2. The van der Waals surface area contributed by atoms with Crippen molar-refractivity contribution < 1.29 is 4.39 Å². The van der Waals surface area contributed by atoms with Gasteiger partial charge in [0.05, 0.1) is 0 Å². The van der Waals surface area contributed by atoms with E-state index in [1.807, 2.05) is 6.07 Å². The van der Waals surface area contributed by atoms with Crippen LogP contribution >= 0.6 is 0 Å². The maximum atomic E-state index is 13.3. The molecule has 1 fully saturated rings. The molecule has 94 valence electrons. The summed E-state index contributed by atoms with van der Waals surface area (Å²) in [6, 6.07) is 6.51. The van der Waals surface area contributed by atoms with Crippen LogP contribution in [0.5, 0.6) is 0 Å². The summed E-state index contributed by atoms with van der Waals surface area (Å²) in [4.78, 5) is 0. The van der Waals surface area contributed by atoms with E-state index >= 15 is 0 Å². The highest BCUT2D eigenvalue weighted by atomic mass is 19.1. The predicted molar refractivity (Wildman–Crippen MR) is 69.4 cm³/mol. The molecule has 0 aliphatic heterocycles. The van der Waals surface area contributed by atoms with E-state index in [0.717, 1.165) is 29.2 Å². The van der Waals surface area contributed by atoms with E-state index in [2.05, 4.69) is 10.2 Å². The normalized spacial score (nSPS) is 15.6. The summed E-state index contributed by atoms with van der Waals surface area (Å²) in [6.07, 6.45) is 4.79. The van der Waals surface area contributed by atoms with Crippen LogP contribution < -0.4 is 5.73 Å². The minimum absolute atomic E-state index is 0.248. The Morgan fingerprint density at radius 1 is 1.39 bits per heavy atom. The molecule has 0 bridgehead atoms. The van der Waals surface area contributed by atoms with Crippen molar-refractivity contribution in [2.45, 2.75) is 25.7 Å². The third-order valence-electron chi connectivity index (χ3n) is 3.70. The van der Waals surface area contributed by atoms with Crippen molar-refractivity contribution in [2.75, 3.05) is 5.73 Å². The molecule has 0 spiro atoms. The molecule has 1 aliphatic carbocycles. The fourth-order valence-corrected chi connectivity index (χ4v) is 2.49. The third kappa shape index (κ3) is 1.98. The van der Waals surface area contributed by atoms with Crippen LogP contribution in [0.4, 0.5) is 10.2 Å². The zero-order valence-corrected chi connectivity index (χ0v) is 10.1. The van der Waals surface area contributed by atoms with Gasteiger partial charge in [-0.3, -0.25) is 5.10 Å². The summed E-state index contributed by atoms with van der Waals surface area (Å²) < 4.78 is 13.3. The van der Waals surface area contributed by atoms with Crippen LogP contribution in [0.15, 0.2) is 24.3 Å². The summed E-state index contributed by atoms with van der Waals surface area (Å²) >= 11 is 0. The Kier molecular flexibility index (Phi) is 2.78. The van der Waals surface area contributed by atoms with Gasteiger partial charge in [-0.05, 0) is 30.0 Å². The Hall–Kier alpha value is -1.84. The van der Waals surface area contributed by atoms with Crippen LogP contribution in [-0.2, 0) is 6.42 Å². The first-order chi connectivity index (χ1) is 8.74. The summed E-state index contributed by atoms with van der Waals surface area (Å²) in [6.45, 7) is 0. The summed E-state index contributed by atoms with van der Waals surface area (Å²) in [7, 11) is 0. The lowest BCUT2D eigenvalue weighted by Crippen LogP contribution is -2.14. The van der Waals surface area contributed by atoms with Crippen molar-refractivity contribution in [3.05, 3.63) is 35.8 Å². The quantitative estimate of drug-likeness (QED) is 0.872. The van der Waals surface area contributed by atoms with Crippen molar-refractivity contribution in [1.82, 2.24) is 10.2 Å². The average molecular weight is 245 g/mol. The molecule has 0 unspecified atom stereocenters. The second-order valence-electron chi connectivity index (χ2n) is 4.97. The molecule has 3 N–H and O–H groups in total. The van der Waals surface area contributed by atoms with Gasteiger partial charge in [0.1, 0.15) is 5.82 Å². The molecular formula is C14H16FN3. The fourth-order valence-electron chi connectivity index (χ4n) is 2.49. The van der Waals surface area contributed by atoms with E-state index in [9.17, 15) is 4.39 Å². The van der Waals surface area contributed by atoms with Crippen molar-refractivity contribution in [2.24, 2.45) is 5.92 Å². The first-order valence-corrected chi connectivity index (χ1v) is 6.32. The first-order valence-electron chi connectivity index (χ1n) is 6.32. The van der Waals surface area contributed by atoms with Gasteiger partial charge in [0.25, 0.3) is 0 Å². The maximum Gasteiger partial charge on any atom is 0.153 e. The number of anilines is 1. The summed E-state index contributed by atoms with van der Waals surface area (Å²) in [5, 5.41) is 7.06. The van der Waals surface area contributed by atoms with Gasteiger partial charge in [0.2, 0.25) is 0 Å². The molecule has 0 atom stereocenters. The Morgan fingerprint density at radius 2 is 2.22 bits per heavy atom. The van der Waals surface area contributed by atoms with Crippen molar-refractivity contribution >= 4 is 5.82 Å². The van der Waals surface area contributed by atoms with Crippen LogP contribution in [0, 0.1) is 11.7 Å². The van der Waals surface area contributed by atoms with Gasteiger partial charge in [-0.1, -0.05) is 31.4 Å². The SMILES string of the molecule is Nc1n[nH]c(CC2CCC2)c1-c1cccc(F)c1. The van der Waals surface area contributed by atoms with Crippen LogP contribution in [0.25, 0.3) is 11.1 Å². The number of halogens is 1. The monoisotopic (exact) mass is 245 g/mol. The molecule has 1 heterocycles. The number of aromatic amines is 1. The zero-order valence-electron chi connectivity index (χ0n) is 10.1. The van der Waals surface area contributed by atoms with Crippen molar-refractivity contribution in [3.8, 4) is 11.1 Å². The van der Waals surface area contributed by atoms with Crippen LogP contribution in [-0.4, -0.2) is 10.2 Å². The summed E-state index contributed by atoms with van der Waals surface area (Å²) in [5.41, 5.74) is 8.59. The molecule has 2 aromatic rings. The Morgan fingerprint density at radius 3 is 2.89 bits per heavy atom. The van der Waals surface area contributed by atoms with Crippen LogP contribution in [0.1, 0.15) is 25.0 Å². The highest BCUT2D eigenvalue weighted by Gasteiger charge is 2.22. The minimum Gasteiger partial charge on any atom is -0.382 e. The van der Waals surface area contributed by atoms with Gasteiger partial charge in [0, 0.05) is 11.3 Å². The number of hydrogen-bond donors (Lipinski definition) is 2. The molecule has 3 nitrogen and oxygen atoms in total. The van der Waals surface area contributed by atoms with E-state index in [1.165, 1.54) is 31.4 Å². The Labute approximate surface area is 105 Å². The molecule has 0 saturated heterocycles. The Bertz CT molecular complexity index is 558. The zero-order chi connectivity index (χ0) is 12.5. The van der Waals surface area contributed by atoms with E-state index in [4.69, 9.17) is 5.73 Å². The molecule has 0 amide bonds. The maximum absolute atomic E-state index is 13.3. The van der Waals surface area contributed by atoms with Gasteiger partial charge >= 0.3 is 0 Å². The number of hydrogen-bond acceptors (Lipinski definition) is 2. The lowest BCUT2D eigenvalue weighted by molar-refractivity contribution is 0.312. The number of nitrogen functional groups attached to an aromatic ring is 1. The summed E-state index contributed by atoms with van der Waals surface area (Å²) in [5.74, 6) is 0.926. The minimum atomic E-state index is -0.248. The number of H-pyrrole nitrogens is 1. The predicted octanol–water partition coefficient (Wildman–Crippen LogP) is 3.14. The molecule has 1 saturated carbocycles. The van der Waals surface area contributed by atoms with E-state index in [1.54, 1.807) is 6.07 Å². The standard InChI is InChI=1S/C14H16FN3/c15-11-6-2-5-10(8-11)13-12(17-18-14(13)16)7-9-3-1-4-9/h2,5-6,8-9H,1,3-4,7H2,(H3,16,17,18). The Balaban J connectivity index is 1.96. The molecule has 1 aromatic carbocycles. The van der Waals surface area contributed by atoms with Crippen LogP contribution in [0.2, 0.25) is 0 Å². The third-order valence-corrected chi connectivity index (χ3v) is 3.70. The van der Waals surface area contributed by atoms with Gasteiger partial charge < -0.3 is 5.73 Å². The van der Waals surface area contributed by atoms with E-state index in [-0.39, 0.29) is 5.82 Å².